The van der Waals surface area contributed by atoms with Gasteiger partial charge >= 0.3 is 0 Å². The van der Waals surface area contributed by atoms with Gasteiger partial charge in [0, 0.05) is 12.1 Å². The highest BCUT2D eigenvalue weighted by atomic mass is 19.1. The molecule has 1 aromatic rings. The third-order valence-corrected chi connectivity index (χ3v) is 1.75. The lowest BCUT2D eigenvalue weighted by Crippen LogP contribution is -2.23. The highest BCUT2D eigenvalue weighted by Crippen LogP contribution is 2.15. The number of benzene rings is 1. The molecule has 0 heterocycles. The van der Waals surface area contributed by atoms with Crippen molar-refractivity contribution in [1.82, 2.24) is 5.32 Å². The summed E-state index contributed by atoms with van der Waals surface area (Å²) in [5.74, 6) is -1.56. The van der Waals surface area contributed by atoms with Gasteiger partial charge in [0.25, 0.3) is 5.91 Å². The van der Waals surface area contributed by atoms with Crippen LogP contribution in [0, 0.1) is 5.82 Å². The first kappa shape index (κ1) is 10.5. The van der Waals surface area contributed by atoms with E-state index in [1.165, 1.54) is 6.07 Å². The summed E-state index contributed by atoms with van der Waals surface area (Å²) in [4.78, 5) is 11.3. The van der Waals surface area contributed by atoms with Crippen LogP contribution in [0.5, 0.6) is 5.75 Å². The maximum atomic E-state index is 12.8. The Balaban J connectivity index is 2.76. The van der Waals surface area contributed by atoms with Crippen LogP contribution in [-0.2, 0) is 0 Å². The van der Waals surface area contributed by atoms with E-state index < -0.39 is 11.6 Å². The lowest BCUT2D eigenvalue weighted by Gasteiger charge is -2.03. The topological polar surface area (TPSA) is 49.3 Å². The molecule has 0 bridgehead atoms. The summed E-state index contributed by atoms with van der Waals surface area (Å²) >= 11 is 0. The minimum absolute atomic E-state index is 0.216. The summed E-state index contributed by atoms with van der Waals surface area (Å²) < 4.78 is 12.8. The Morgan fingerprint density at radius 2 is 2.29 bits per heavy atom. The van der Waals surface area contributed by atoms with Crippen molar-refractivity contribution in [2.24, 2.45) is 0 Å². The van der Waals surface area contributed by atoms with Gasteiger partial charge in [-0.3, -0.25) is 4.79 Å². The number of hydrogen-bond donors (Lipinski definition) is 2. The van der Waals surface area contributed by atoms with E-state index in [1.54, 1.807) is 0 Å². The van der Waals surface area contributed by atoms with Gasteiger partial charge in [-0.2, -0.15) is 0 Å². The van der Waals surface area contributed by atoms with Crippen molar-refractivity contribution in [2.45, 2.75) is 13.3 Å². The van der Waals surface area contributed by atoms with E-state index in [1.807, 2.05) is 6.92 Å². The zero-order valence-corrected chi connectivity index (χ0v) is 7.88. The Labute approximate surface area is 81.6 Å². The Kier molecular flexibility index (Phi) is 3.45. The van der Waals surface area contributed by atoms with Crippen LogP contribution in [0.2, 0.25) is 0 Å². The third-order valence-electron chi connectivity index (χ3n) is 1.75. The Morgan fingerprint density at radius 3 is 2.86 bits per heavy atom. The molecule has 14 heavy (non-hydrogen) atoms. The molecule has 1 aromatic carbocycles. The van der Waals surface area contributed by atoms with Crippen molar-refractivity contribution in [3.05, 3.63) is 29.6 Å². The Morgan fingerprint density at radius 1 is 1.57 bits per heavy atom. The standard InChI is InChI=1S/C10H12FNO2/c1-2-5-12-10(14)7-3-4-9(13)8(11)6-7/h3-4,6,13H,2,5H2,1H3,(H,12,14). The third kappa shape index (κ3) is 2.45. The molecule has 0 aliphatic heterocycles. The van der Waals surface area contributed by atoms with E-state index in [-0.39, 0.29) is 11.5 Å². The van der Waals surface area contributed by atoms with Gasteiger partial charge in [0.15, 0.2) is 11.6 Å². The molecule has 3 nitrogen and oxygen atoms in total. The van der Waals surface area contributed by atoms with Gasteiger partial charge in [-0.15, -0.1) is 0 Å². The number of phenolic OH excluding ortho intramolecular Hbond substituents is 1. The van der Waals surface area contributed by atoms with Crippen LogP contribution in [0.4, 0.5) is 4.39 Å². The van der Waals surface area contributed by atoms with Crippen LogP contribution < -0.4 is 5.32 Å². The SMILES string of the molecule is CCCNC(=O)c1ccc(O)c(F)c1. The maximum absolute atomic E-state index is 12.8. The quantitative estimate of drug-likeness (QED) is 0.774. The molecule has 1 amide bonds. The molecule has 0 atom stereocenters. The summed E-state index contributed by atoms with van der Waals surface area (Å²) in [6.45, 7) is 2.49. The smallest absolute Gasteiger partial charge is 0.251 e. The van der Waals surface area contributed by atoms with Gasteiger partial charge in [0.1, 0.15) is 0 Å². The zero-order valence-electron chi connectivity index (χ0n) is 7.88. The number of nitrogens with one attached hydrogen (secondary N) is 1. The largest absolute Gasteiger partial charge is 0.505 e. The summed E-state index contributed by atoms with van der Waals surface area (Å²) in [6.07, 6.45) is 0.826. The Hall–Kier alpha value is -1.58. The lowest BCUT2D eigenvalue weighted by molar-refractivity contribution is 0.0953. The first-order chi connectivity index (χ1) is 6.65. The fraction of sp³-hybridized carbons (Fsp3) is 0.300. The summed E-state index contributed by atoms with van der Waals surface area (Å²) in [5.41, 5.74) is 0.216. The van der Waals surface area contributed by atoms with Crippen molar-refractivity contribution in [3.63, 3.8) is 0 Å². The molecular weight excluding hydrogens is 185 g/mol. The van der Waals surface area contributed by atoms with Gasteiger partial charge in [0.05, 0.1) is 0 Å². The molecule has 0 aliphatic carbocycles. The average molecular weight is 197 g/mol. The minimum atomic E-state index is -0.783. The number of rotatable bonds is 3. The maximum Gasteiger partial charge on any atom is 0.251 e. The molecule has 0 saturated heterocycles. The van der Waals surface area contributed by atoms with Gasteiger partial charge in [0.2, 0.25) is 0 Å². The van der Waals surface area contributed by atoms with E-state index in [2.05, 4.69) is 5.32 Å². The Bertz CT molecular complexity index is 339. The second kappa shape index (κ2) is 4.60. The molecule has 0 fully saturated rings. The van der Waals surface area contributed by atoms with Crippen LogP contribution in [-0.4, -0.2) is 17.6 Å². The van der Waals surface area contributed by atoms with Crippen LogP contribution >= 0.6 is 0 Å². The van der Waals surface area contributed by atoms with Gasteiger partial charge in [-0.1, -0.05) is 6.92 Å². The van der Waals surface area contributed by atoms with Gasteiger partial charge in [-0.25, -0.2) is 4.39 Å². The molecule has 0 unspecified atom stereocenters. The minimum Gasteiger partial charge on any atom is -0.505 e. The molecule has 0 aromatic heterocycles. The van der Waals surface area contributed by atoms with E-state index in [0.717, 1.165) is 18.6 Å². The number of carbonyl (C=O) groups excluding carboxylic acids is 1. The fourth-order valence-corrected chi connectivity index (χ4v) is 0.989. The molecule has 76 valence electrons. The fourth-order valence-electron chi connectivity index (χ4n) is 0.989. The van der Waals surface area contributed by atoms with Crippen molar-refractivity contribution >= 4 is 5.91 Å². The monoisotopic (exact) mass is 197 g/mol. The predicted molar refractivity (Wildman–Crippen MR) is 50.7 cm³/mol. The number of hydrogen-bond acceptors (Lipinski definition) is 2. The second-order valence-corrected chi connectivity index (χ2v) is 2.92. The first-order valence-corrected chi connectivity index (χ1v) is 4.42. The molecular formula is C10H12FNO2. The van der Waals surface area contributed by atoms with E-state index in [4.69, 9.17) is 5.11 Å². The highest BCUT2D eigenvalue weighted by Gasteiger charge is 2.07. The molecule has 0 aliphatic rings. The molecule has 2 N–H and O–H groups in total. The van der Waals surface area contributed by atoms with Crippen LogP contribution in [0.25, 0.3) is 0 Å². The van der Waals surface area contributed by atoms with E-state index in [9.17, 15) is 9.18 Å². The zero-order chi connectivity index (χ0) is 10.6. The van der Waals surface area contributed by atoms with Gasteiger partial charge in [-0.05, 0) is 24.6 Å². The molecule has 0 radical (unpaired) electrons. The molecule has 0 spiro atoms. The van der Waals surface area contributed by atoms with Crippen molar-refractivity contribution in [1.29, 1.82) is 0 Å². The molecule has 4 heteroatoms. The normalized spacial score (nSPS) is 9.86. The van der Waals surface area contributed by atoms with Crippen LogP contribution in [0.1, 0.15) is 23.7 Å². The number of phenols is 1. The molecule has 1 rings (SSSR count). The first-order valence-electron chi connectivity index (χ1n) is 4.42. The predicted octanol–water partition coefficient (Wildman–Crippen LogP) is 1.67. The van der Waals surface area contributed by atoms with E-state index >= 15 is 0 Å². The lowest BCUT2D eigenvalue weighted by atomic mass is 10.2. The van der Waals surface area contributed by atoms with Crippen molar-refractivity contribution < 1.29 is 14.3 Å². The number of halogens is 1. The summed E-state index contributed by atoms with van der Waals surface area (Å²) in [7, 11) is 0. The van der Waals surface area contributed by atoms with Crippen molar-refractivity contribution in [3.8, 4) is 5.75 Å². The van der Waals surface area contributed by atoms with Crippen LogP contribution in [0.3, 0.4) is 0 Å². The number of aromatic hydroxyl groups is 1. The summed E-state index contributed by atoms with van der Waals surface area (Å²) in [6, 6.07) is 3.56. The van der Waals surface area contributed by atoms with Crippen molar-refractivity contribution in [2.75, 3.05) is 6.54 Å². The van der Waals surface area contributed by atoms with E-state index in [0.29, 0.717) is 6.54 Å². The number of carbonyl (C=O) groups is 1. The van der Waals surface area contributed by atoms with Gasteiger partial charge < -0.3 is 10.4 Å². The average Bonchev–Trinajstić information content (AvgIpc) is 2.18. The number of amides is 1. The van der Waals surface area contributed by atoms with Crippen LogP contribution in [0.15, 0.2) is 18.2 Å². The highest BCUT2D eigenvalue weighted by molar-refractivity contribution is 5.94. The molecule has 0 saturated carbocycles. The summed E-state index contributed by atoms with van der Waals surface area (Å²) in [5, 5.41) is 11.5. The second-order valence-electron chi connectivity index (χ2n) is 2.92.